The predicted octanol–water partition coefficient (Wildman–Crippen LogP) is 2.94. The van der Waals surface area contributed by atoms with Gasteiger partial charge in [0.15, 0.2) is 5.69 Å². The van der Waals surface area contributed by atoms with Gasteiger partial charge in [-0.1, -0.05) is 19.9 Å². The summed E-state index contributed by atoms with van der Waals surface area (Å²) in [6, 6.07) is 5.32. The molecular weight excluding hydrogens is 296 g/mol. The van der Waals surface area contributed by atoms with E-state index in [1.165, 1.54) is 0 Å². The van der Waals surface area contributed by atoms with E-state index < -0.39 is 0 Å². The molecule has 0 saturated heterocycles. The van der Waals surface area contributed by atoms with Gasteiger partial charge in [0.25, 0.3) is 5.91 Å². The van der Waals surface area contributed by atoms with Crippen LogP contribution in [0.2, 0.25) is 0 Å². The maximum Gasteiger partial charge on any atom is 0.278 e. The lowest BCUT2D eigenvalue weighted by molar-refractivity contribution is 0.102. The summed E-state index contributed by atoms with van der Waals surface area (Å²) in [6.07, 6.45) is 1.62. The van der Waals surface area contributed by atoms with E-state index in [9.17, 15) is 4.79 Å². The summed E-state index contributed by atoms with van der Waals surface area (Å²) in [5.41, 5.74) is 1.24. The average Bonchev–Trinajstić information content (AvgIpc) is 2.72. The Morgan fingerprint density at radius 2 is 2.22 bits per heavy atom. The number of hydrogen-bond donors (Lipinski definition) is 2. The van der Waals surface area contributed by atoms with Crippen molar-refractivity contribution in [2.45, 2.75) is 19.8 Å². The predicted molar refractivity (Wildman–Crippen MR) is 72.6 cm³/mol. The second kappa shape index (κ2) is 5.30. The minimum Gasteiger partial charge on any atom is -0.305 e. The maximum absolute atomic E-state index is 12.0. The van der Waals surface area contributed by atoms with Crippen LogP contribution in [-0.2, 0) is 0 Å². The van der Waals surface area contributed by atoms with E-state index in [0.717, 1.165) is 5.69 Å². The monoisotopic (exact) mass is 308 g/mol. The molecule has 0 unspecified atom stereocenters. The van der Waals surface area contributed by atoms with Crippen molar-refractivity contribution in [1.82, 2.24) is 15.2 Å². The molecule has 0 radical (unpaired) electrons. The van der Waals surface area contributed by atoms with Crippen LogP contribution >= 0.6 is 15.9 Å². The Kier molecular flexibility index (Phi) is 3.76. The quantitative estimate of drug-likeness (QED) is 0.915. The van der Waals surface area contributed by atoms with Gasteiger partial charge < -0.3 is 5.32 Å². The van der Waals surface area contributed by atoms with E-state index in [1.54, 1.807) is 18.3 Å². The number of H-pyrrole nitrogens is 1. The highest BCUT2D eigenvalue weighted by molar-refractivity contribution is 9.10. The zero-order valence-corrected chi connectivity index (χ0v) is 11.7. The number of nitrogens with zero attached hydrogens (tertiary/aromatic N) is 2. The Morgan fingerprint density at radius 3 is 2.78 bits per heavy atom. The Bertz CT molecular complexity index is 550. The molecule has 94 valence electrons. The van der Waals surface area contributed by atoms with Crippen LogP contribution in [0, 0.1) is 0 Å². The number of hydrogen-bond acceptors (Lipinski definition) is 3. The number of rotatable bonds is 3. The minimum absolute atomic E-state index is 0.267. The summed E-state index contributed by atoms with van der Waals surface area (Å²) >= 11 is 3.39. The van der Waals surface area contributed by atoms with E-state index in [-0.39, 0.29) is 11.8 Å². The van der Waals surface area contributed by atoms with Gasteiger partial charge >= 0.3 is 0 Å². The summed E-state index contributed by atoms with van der Waals surface area (Å²) in [4.78, 5) is 16.0. The fraction of sp³-hybridized carbons (Fsp3) is 0.250. The lowest BCUT2D eigenvalue weighted by Crippen LogP contribution is -2.13. The number of carbonyl (C=O) groups excluding carboxylic acids is 1. The van der Waals surface area contributed by atoms with Crippen molar-refractivity contribution < 1.29 is 4.79 Å². The number of amides is 1. The number of pyridine rings is 1. The molecule has 2 rings (SSSR count). The zero-order chi connectivity index (χ0) is 13.1. The van der Waals surface area contributed by atoms with Gasteiger partial charge in [-0.15, -0.1) is 0 Å². The smallest absolute Gasteiger partial charge is 0.278 e. The second-order valence-corrected chi connectivity index (χ2v) is 4.92. The highest BCUT2D eigenvalue weighted by atomic mass is 79.9. The molecule has 2 aromatic rings. The van der Waals surface area contributed by atoms with Gasteiger partial charge in [-0.25, -0.2) is 4.98 Å². The van der Waals surface area contributed by atoms with Gasteiger partial charge in [0, 0.05) is 6.20 Å². The van der Waals surface area contributed by atoms with Crippen molar-refractivity contribution in [1.29, 1.82) is 0 Å². The number of nitrogens with one attached hydrogen (secondary N) is 2. The van der Waals surface area contributed by atoms with Crippen LogP contribution in [0.15, 0.2) is 28.9 Å². The average molecular weight is 309 g/mol. The maximum atomic E-state index is 12.0. The van der Waals surface area contributed by atoms with E-state index >= 15 is 0 Å². The molecule has 5 nitrogen and oxygen atoms in total. The molecule has 0 saturated carbocycles. The summed E-state index contributed by atoms with van der Waals surface area (Å²) in [7, 11) is 0. The number of aromatic amines is 1. The summed E-state index contributed by atoms with van der Waals surface area (Å²) in [5.74, 6) is 0.482. The van der Waals surface area contributed by atoms with Crippen LogP contribution in [0.1, 0.15) is 35.9 Å². The van der Waals surface area contributed by atoms with Crippen molar-refractivity contribution >= 4 is 27.7 Å². The molecular formula is C12H13BrN4O. The van der Waals surface area contributed by atoms with Gasteiger partial charge in [0.1, 0.15) is 5.82 Å². The molecule has 0 aliphatic carbocycles. The highest BCUT2D eigenvalue weighted by Gasteiger charge is 2.19. The van der Waals surface area contributed by atoms with E-state index in [2.05, 4.69) is 36.4 Å². The Labute approximate surface area is 113 Å². The molecule has 0 spiro atoms. The van der Waals surface area contributed by atoms with Gasteiger partial charge in [-0.3, -0.25) is 9.89 Å². The van der Waals surface area contributed by atoms with E-state index in [4.69, 9.17) is 0 Å². The lowest BCUT2D eigenvalue weighted by atomic mass is 10.1. The van der Waals surface area contributed by atoms with E-state index in [0.29, 0.717) is 16.0 Å². The van der Waals surface area contributed by atoms with Crippen molar-refractivity contribution in [3.63, 3.8) is 0 Å². The van der Waals surface area contributed by atoms with Crippen LogP contribution in [0.4, 0.5) is 5.82 Å². The molecule has 2 N–H and O–H groups in total. The lowest BCUT2D eigenvalue weighted by Gasteiger charge is -2.03. The Balaban J connectivity index is 2.20. The molecule has 1 amide bonds. The summed E-state index contributed by atoms with van der Waals surface area (Å²) < 4.78 is 0.700. The molecule has 0 fully saturated rings. The van der Waals surface area contributed by atoms with Gasteiger partial charge in [-0.2, -0.15) is 5.10 Å². The van der Waals surface area contributed by atoms with E-state index in [1.807, 2.05) is 19.9 Å². The molecule has 0 bridgehead atoms. The zero-order valence-electron chi connectivity index (χ0n) is 10.1. The van der Waals surface area contributed by atoms with Crippen molar-refractivity contribution in [2.24, 2.45) is 0 Å². The second-order valence-electron chi connectivity index (χ2n) is 4.12. The Hall–Kier alpha value is -1.69. The molecule has 0 aliphatic rings. The largest absolute Gasteiger partial charge is 0.305 e. The molecule has 0 aromatic carbocycles. The SMILES string of the molecule is CC(C)c1[nH]nc(C(=O)Nc2ccccn2)c1Br. The van der Waals surface area contributed by atoms with Crippen LogP contribution < -0.4 is 5.32 Å². The molecule has 2 aromatic heterocycles. The van der Waals surface area contributed by atoms with Crippen LogP contribution in [0.5, 0.6) is 0 Å². The van der Waals surface area contributed by atoms with Crippen molar-refractivity contribution in [3.05, 3.63) is 40.3 Å². The van der Waals surface area contributed by atoms with Gasteiger partial charge in [-0.05, 0) is 34.0 Å². The first-order chi connectivity index (χ1) is 8.59. The minimum atomic E-state index is -0.288. The molecule has 18 heavy (non-hydrogen) atoms. The van der Waals surface area contributed by atoms with Crippen LogP contribution in [0.3, 0.4) is 0 Å². The molecule has 0 aliphatic heterocycles. The third-order valence-corrected chi connectivity index (χ3v) is 3.23. The topological polar surface area (TPSA) is 70.7 Å². The summed E-state index contributed by atoms with van der Waals surface area (Å²) in [6.45, 7) is 4.05. The summed E-state index contributed by atoms with van der Waals surface area (Å²) in [5, 5.41) is 9.57. The molecule has 0 atom stereocenters. The first kappa shape index (κ1) is 12.8. The number of halogens is 1. The van der Waals surface area contributed by atoms with Crippen molar-refractivity contribution in [2.75, 3.05) is 5.32 Å². The Morgan fingerprint density at radius 1 is 1.44 bits per heavy atom. The van der Waals surface area contributed by atoms with Crippen LogP contribution in [0.25, 0.3) is 0 Å². The number of anilines is 1. The first-order valence-corrected chi connectivity index (χ1v) is 6.35. The normalized spacial score (nSPS) is 10.7. The standard InChI is InChI=1S/C12H13BrN4O/c1-7(2)10-9(13)11(17-16-10)12(18)15-8-5-3-4-6-14-8/h3-7H,1-2H3,(H,16,17)(H,14,15,18). The fourth-order valence-corrected chi connectivity index (χ4v) is 2.30. The highest BCUT2D eigenvalue weighted by Crippen LogP contribution is 2.25. The number of carbonyl (C=O) groups is 1. The fourth-order valence-electron chi connectivity index (χ4n) is 1.49. The third-order valence-electron chi connectivity index (χ3n) is 2.43. The molecule has 2 heterocycles. The van der Waals surface area contributed by atoms with Gasteiger partial charge in [0.05, 0.1) is 10.2 Å². The third kappa shape index (κ3) is 2.59. The van der Waals surface area contributed by atoms with Gasteiger partial charge in [0.2, 0.25) is 0 Å². The number of aromatic nitrogens is 3. The molecule has 6 heteroatoms. The van der Waals surface area contributed by atoms with Crippen LogP contribution in [-0.4, -0.2) is 21.1 Å². The first-order valence-electron chi connectivity index (χ1n) is 5.55. The van der Waals surface area contributed by atoms with Crippen molar-refractivity contribution in [3.8, 4) is 0 Å².